The number of rotatable bonds is 39. The van der Waals surface area contributed by atoms with E-state index in [1.165, 1.54) is 116 Å². The molecule has 0 bridgehead atoms. The molecule has 0 aliphatic carbocycles. The molecule has 0 aromatic carbocycles. The fourth-order valence-corrected chi connectivity index (χ4v) is 6.57. The van der Waals surface area contributed by atoms with Gasteiger partial charge in [0, 0.05) is 19.4 Å². The predicted octanol–water partition coefficient (Wildman–Crippen LogP) is 11.4. The lowest BCUT2D eigenvalue weighted by Gasteiger charge is -2.19. The molecule has 10 heteroatoms. The summed E-state index contributed by atoms with van der Waals surface area (Å²) in [5.74, 6) is -0.830. The molecule has 0 fully saturated rings. The van der Waals surface area contributed by atoms with E-state index in [0.717, 1.165) is 51.4 Å². The fraction of sp³-hybridized carbons (Fsp3) is 0.900. The fourth-order valence-electron chi connectivity index (χ4n) is 5.81. The Kier molecular flexibility index (Phi) is 36.6. The van der Waals surface area contributed by atoms with Gasteiger partial charge >= 0.3 is 19.8 Å². The second kappa shape index (κ2) is 37.5. The van der Waals surface area contributed by atoms with Crippen LogP contribution in [0, 0.1) is 0 Å². The highest BCUT2D eigenvalue weighted by atomic mass is 31.2. The summed E-state index contributed by atoms with van der Waals surface area (Å²) in [7, 11) is -4.37. The highest BCUT2D eigenvalue weighted by Crippen LogP contribution is 2.43. The lowest BCUT2D eigenvalue weighted by atomic mass is 10.0. The van der Waals surface area contributed by atoms with Crippen molar-refractivity contribution in [3.63, 3.8) is 0 Å². The minimum atomic E-state index is -4.37. The Hall–Kier alpha value is -1.25. The normalized spacial score (nSPS) is 13.4. The molecule has 0 saturated heterocycles. The van der Waals surface area contributed by atoms with Gasteiger partial charge in [0.2, 0.25) is 0 Å². The molecular formula is C40H78NO8P. The number of phosphoric ester groups is 1. The standard InChI is InChI=1S/C40H78NO8P/c1-3-5-7-9-11-13-15-17-19-21-22-24-26-28-30-32-39(42)46-36-38(37-48-50(44,45)47-35-34-41)49-40(43)33-31-29-27-25-23-20-18-16-14-12-10-8-6-4-2/h17,19,38H,3-16,18,20-37,41H2,1-2H3,(H,44,45)/b19-17+/t38-/m1/s1. The average Bonchev–Trinajstić information content (AvgIpc) is 3.10. The quantitative estimate of drug-likeness (QED) is 0.0274. The molecular weight excluding hydrogens is 653 g/mol. The smallest absolute Gasteiger partial charge is 0.462 e. The molecule has 9 nitrogen and oxygen atoms in total. The van der Waals surface area contributed by atoms with Crippen molar-refractivity contribution in [2.24, 2.45) is 5.73 Å². The van der Waals surface area contributed by atoms with E-state index in [1.807, 2.05) is 0 Å². The van der Waals surface area contributed by atoms with E-state index < -0.39 is 26.5 Å². The minimum absolute atomic E-state index is 0.0550. The summed E-state index contributed by atoms with van der Waals surface area (Å²) in [6.45, 7) is 3.73. The number of allylic oxidation sites excluding steroid dienone is 2. The second-order valence-electron chi connectivity index (χ2n) is 13.9. The molecule has 0 aromatic rings. The first kappa shape index (κ1) is 48.8. The van der Waals surface area contributed by atoms with Crippen LogP contribution >= 0.6 is 7.82 Å². The molecule has 296 valence electrons. The van der Waals surface area contributed by atoms with Crippen LogP contribution in [0.5, 0.6) is 0 Å². The van der Waals surface area contributed by atoms with Crippen molar-refractivity contribution in [3.05, 3.63) is 12.2 Å². The van der Waals surface area contributed by atoms with Crippen LogP contribution in [0.3, 0.4) is 0 Å². The number of carbonyl (C=O) groups excluding carboxylic acids is 2. The van der Waals surface area contributed by atoms with Crippen LogP contribution < -0.4 is 5.73 Å². The number of ether oxygens (including phenoxy) is 2. The van der Waals surface area contributed by atoms with Gasteiger partial charge < -0.3 is 20.1 Å². The van der Waals surface area contributed by atoms with Gasteiger partial charge in [-0.15, -0.1) is 0 Å². The highest BCUT2D eigenvalue weighted by Gasteiger charge is 2.26. The van der Waals surface area contributed by atoms with Crippen molar-refractivity contribution >= 4 is 19.8 Å². The van der Waals surface area contributed by atoms with Crippen LogP contribution in [0.1, 0.15) is 200 Å². The second-order valence-corrected chi connectivity index (χ2v) is 15.3. The van der Waals surface area contributed by atoms with Gasteiger partial charge in [0.1, 0.15) is 6.61 Å². The number of phosphoric acid groups is 1. The first-order chi connectivity index (χ1) is 24.3. The molecule has 0 radical (unpaired) electrons. The molecule has 2 atom stereocenters. The first-order valence-electron chi connectivity index (χ1n) is 20.7. The summed E-state index contributed by atoms with van der Waals surface area (Å²) in [5.41, 5.74) is 5.34. The number of carbonyl (C=O) groups is 2. The molecule has 0 amide bonds. The van der Waals surface area contributed by atoms with Crippen LogP contribution in [0.15, 0.2) is 12.2 Å². The zero-order valence-corrected chi connectivity index (χ0v) is 33.3. The molecule has 0 saturated carbocycles. The van der Waals surface area contributed by atoms with Gasteiger partial charge in [-0.1, -0.05) is 161 Å². The summed E-state index contributed by atoms with van der Waals surface area (Å²) in [6, 6.07) is 0. The number of hydrogen-bond acceptors (Lipinski definition) is 8. The third-order valence-electron chi connectivity index (χ3n) is 8.90. The van der Waals surface area contributed by atoms with Crippen LogP contribution in [0.2, 0.25) is 0 Å². The van der Waals surface area contributed by atoms with Gasteiger partial charge in [-0.2, -0.15) is 0 Å². The summed E-state index contributed by atoms with van der Waals surface area (Å²) in [6.07, 6.45) is 36.6. The monoisotopic (exact) mass is 732 g/mol. The van der Waals surface area contributed by atoms with E-state index in [4.69, 9.17) is 24.3 Å². The largest absolute Gasteiger partial charge is 0.472 e. The van der Waals surface area contributed by atoms with Gasteiger partial charge in [-0.05, 0) is 38.5 Å². The van der Waals surface area contributed by atoms with E-state index in [1.54, 1.807) is 0 Å². The van der Waals surface area contributed by atoms with Gasteiger partial charge in [0.05, 0.1) is 13.2 Å². The van der Waals surface area contributed by atoms with Crippen molar-refractivity contribution in [2.45, 2.75) is 206 Å². The predicted molar refractivity (Wildman–Crippen MR) is 206 cm³/mol. The topological polar surface area (TPSA) is 134 Å². The lowest BCUT2D eigenvalue weighted by molar-refractivity contribution is -0.161. The Morgan fingerprint density at radius 3 is 1.42 bits per heavy atom. The van der Waals surface area contributed by atoms with Gasteiger partial charge in [-0.25, -0.2) is 4.57 Å². The summed E-state index contributed by atoms with van der Waals surface area (Å²) in [5, 5.41) is 0. The third kappa shape index (κ3) is 36.5. The number of esters is 2. The maximum absolute atomic E-state index is 12.5. The van der Waals surface area contributed by atoms with Crippen LogP contribution in [-0.2, 0) is 32.7 Å². The summed E-state index contributed by atoms with van der Waals surface area (Å²) in [4.78, 5) is 34.8. The van der Waals surface area contributed by atoms with E-state index in [0.29, 0.717) is 6.42 Å². The molecule has 0 aromatic heterocycles. The lowest BCUT2D eigenvalue weighted by Crippen LogP contribution is -2.29. The zero-order valence-electron chi connectivity index (χ0n) is 32.4. The van der Waals surface area contributed by atoms with E-state index >= 15 is 0 Å². The maximum atomic E-state index is 12.5. The van der Waals surface area contributed by atoms with Crippen LogP contribution in [-0.4, -0.2) is 49.3 Å². The highest BCUT2D eigenvalue weighted by molar-refractivity contribution is 7.47. The minimum Gasteiger partial charge on any atom is -0.462 e. The van der Waals surface area contributed by atoms with E-state index in [2.05, 4.69) is 26.0 Å². The van der Waals surface area contributed by atoms with E-state index in [9.17, 15) is 19.0 Å². The van der Waals surface area contributed by atoms with Gasteiger partial charge in [0.25, 0.3) is 0 Å². The Labute approximate surface area is 307 Å². The first-order valence-corrected chi connectivity index (χ1v) is 22.2. The molecule has 50 heavy (non-hydrogen) atoms. The van der Waals surface area contributed by atoms with E-state index in [-0.39, 0.29) is 38.6 Å². The number of unbranched alkanes of at least 4 members (excludes halogenated alkanes) is 24. The number of hydrogen-bond donors (Lipinski definition) is 2. The Bertz CT molecular complexity index is 840. The molecule has 0 spiro atoms. The van der Waals surface area contributed by atoms with Crippen molar-refractivity contribution in [3.8, 4) is 0 Å². The Balaban J connectivity index is 4.17. The molecule has 0 heterocycles. The van der Waals surface area contributed by atoms with Crippen molar-refractivity contribution in [1.29, 1.82) is 0 Å². The van der Waals surface area contributed by atoms with Crippen LogP contribution in [0.4, 0.5) is 0 Å². The summed E-state index contributed by atoms with van der Waals surface area (Å²) < 4.78 is 32.7. The number of nitrogens with two attached hydrogens (primary N) is 1. The van der Waals surface area contributed by atoms with Crippen molar-refractivity contribution < 1.29 is 37.6 Å². The Morgan fingerprint density at radius 2 is 0.980 bits per heavy atom. The van der Waals surface area contributed by atoms with Gasteiger partial charge in [-0.3, -0.25) is 18.6 Å². The maximum Gasteiger partial charge on any atom is 0.472 e. The van der Waals surface area contributed by atoms with Crippen molar-refractivity contribution in [2.75, 3.05) is 26.4 Å². The van der Waals surface area contributed by atoms with Crippen LogP contribution in [0.25, 0.3) is 0 Å². The molecule has 3 N–H and O–H groups in total. The third-order valence-corrected chi connectivity index (χ3v) is 9.89. The SMILES string of the molecule is CCCCCCCC/C=C/CCCCCCCC(=O)OC[C@H](COP(=O)(O)OCCN)OC(=O)CCCCCCCCCCCCCCCC. The molecule has 0 aliphatic heterocycles. The average molecular weight is 732 g/mol. The Morgan fingerprint density at radius 1 is 0.580 bits per heavy atom. The summed E-state index contributed by atoms with van der Waals surface area (Å²) >= 11 is 0. The molecule has 1 unspecified atom stereocenters. The molecule has 0 rings (SSSR count). The zero-order chi connectivity index (χ0) is 36.8. The van der Waals surface area contributed by atoms with Gasteiger partial charge in [0.15, 0.2) is 6.10 Å². The molecule has 0 aliphatic rings. The van der Waals surface area contributed by atoms with Crippen molar-refractivity contribution in [1.82, 2.24) is 0 Å².